The van der Waals surface area contributed by atoms with Crippen LogP contribution in [-0.4, -0.2) is 40.6 Å². The predicted molar refractivity (Wildman–Crippen MR) is 93.3 cm³/mol. The molecule has 3 aromatic rings. The molecule has 0 radical (unpaired) electrons. The average molecular weight is 354 g/mol. The van der Waals surface area contributed by atoms with Gasteiger partial charge in [0, 0.05) is 12.1 Å². The molecule has 0 unspecified atom stereocenters. The molecule has 0 atom stereocenters. The summed E-state index contributed by atoms with van der Waals surface area (Å²) in [6.07, 6.45) is 0. The summed E-state index contributed by atoms with van der Waals surface area (Å²) in [5.74, 6) is -0.274. The fraction of sp³-hybridized carbons (Fsp3) is 0.222. The summed E-state index contributed by atoms with van der Waals surface area (Å²) in [5.41, 5.74) is 2.25. The number of aromatic nitrogens is 3. The van der Waals surface area contributed by atoms with Crippen LogP contribution < -0.4 is 10.1 Å². The second-order valence-electron chi connectivity index (χ2n) is 5.49. The van der Waals surface area contributed by atoms with Crippen molar-refractivity contribution in [1.82, 2.24) is 20.3 Å². The maximum atomic E-state index is 11.9. The van der Waals surface area contributed by atoms with Gasteiger partial charge in [0.1, 0.15) is 17.8 Å². The second kappa shape index (κ2) is 8.11. The molecule has 0 aliphatic heterocycles. The number of methoxy groups -OCH3 is 1. The van der Waals surface area contributed by atoms with E-state index >= 15 is 0 Å². The molecule has 0 saturated heterocycles. The van der Waals surface area contributed by atoms with Crippen molar-refractivity contribution in [2.45, 2.75) is 13.1 Å². The Kier molecular flexibility index (Phi) is 5.43. The van der Waals surface area contributed by atoms with E-state index in [0.717, 1.165) is 11.1 Å². The number of benzene rings is 2. The van der Waals surface area contributed by atoms with Gasteiger partial charge in [0.25, 0.3) is 5.91 Å². The molecule has 8 nitrogen and oxygen atoms in total. The fourth-order valence-electron chi connectivity index (χ4n) is 2.44. The van der Waals surface area contributed by atoms with Crippen LogP contribution in [0.1, 0.15) is 5.56 Å². The Bertz CT molecular complexity index is 922. The largest absolute Gasteiger partial charge is 0.496 e. The number of amides is 1. The number of carbonyl (C=O) groups is 2. The number of fused-ring (bicyclic) bond motifs is 1. The zero-order chi connectivity index (χ0) is 18.4. The maximum absolute atomic E-state index is 11.9. The van der Waals surface area contributed by atoms with E-state index in [4.69, 9.17) is 9.47 Å². The molecule has 0 saturated carbocycles. The van der Waals surface area contributed by atoms with Crippen LogP contribution in [0.4, 0.5) is 0 Å². The van der Waals surface area contributed by atoms with Gasteiger partial charge in [-0.3, -0.25) is 9.59 Å². The topological polar surface area (TPSA) is 95.3 Å². The fourth-order valence-corrected chi connectivity index (χ4v) is 2.44. The van der Waals surface area contributed by atoms with Crippen LogP contribution in [0, 0.1) is 0 Å². The first-order valence-electron chi connectivity index (χ1n) is 8.00. The molecule has 0 aliphatic rings. The Balaban J connectivity index is 1.47. The third-order valence-electron chi connectivity index (χ3n) is 3.73. The molecule has 0 spiro atoms. The summed E-state index contributed by atoms with van der Waals surface area (Å²) in [7, 11) is 1.57. The summed E-state index contributed by atoms with van der Waals surface area (Å²) < 4.78 is 11.7. The van der Waals surface area contributed by atoms with E-state index in [0.29, 0.717) is 11.3 Å². The van der Waals surface area contributed by atoms with Gasteiger partial charge in [-0.05, 0) is 18.2 Å². The van der Waals surface area contributed by atoms with E-state index in [1.54, 1.807) is 13.2 Å². The standard InChI is InChI=1S/C18H18N4O4/c1-25-16-9-5-2-6-13(16)10-19-17(23)12-26-18(24)11-22-15-8-4-3-7-14(15)20-21-22/h2-9H,10-12H2,1H3,(H,19,23). The van der Waals surface area contributed by atoms with Crippen LogP contribution in [0.15, 0.2) is 48.5 Å². The molecule has 2 aromatic carbocycles. The molecule has 3 rings (SSSR count). The lowest BCUT2D eigenvalue weighted by Gasteiger charge is -2.10. The van der Waals surface area contributed by atoms with Crippen molar-refractivity contribution in [2.24, 2.45) is 0 Å². The van der Waals surface area contributed by atoms with Crippen LogP contribution >= 0.6 is 0 Å². The van der Waals surface area contributed by atoms with Crippen LogP contribution in [0.5, 0.6) is 5.75 Å². The van der Waals surface area contributed by atoms with Gasteiger partial charge in [0.05, 0.1) is 12.6 Å². The molecule has 26 heavy (non-hydrogen) atoms. The van der Waals surface area contributed by atoms with Gasteiger partial charge >= 0.3 is 5.97 Å². The molecule has 1 aromatic heterocycles. The number of nitrogens with zero attached hydrogens (tertiary/aromatic N) is 3. The van der Waals surface area contributed by atoms with Crippen molar-refractivity contribution < 1.29 is 19.1 Å². The van der Waals surface area contributed by atoms with Gasteiger partial charge in [-0.1, -0.05) is 35.5 Å². The molecule has 8 heteroatoms. The number of esters is 1. The van der Waals surface area contributed by atoms with Crippen molar-refractivity contribution >= 4 is 22.9 Å². The first kappa shape index (κ1) is 17.4. The van der Waals surface area contributed by atoms with Crippen LogP contribution in [-0.2, 0) is 27.4 Å². The molecule has 0 bridgehead atoms. The van der Waals surface area contributed by atoms with E-state index in [2.05, 4.69) is 15.6 Å². The minimum absolute atomic E-state index is 0.111. The number of nitrogens with one attached hydrogen (secondary N) is 1. The summed E-state index contributed by atoms with van der Waals surface area (Å²) in [4.78, 5) is 23.8. The highest BCUT2D eigenvalue weighted by Gasteiger charge is 2.12. The molecule has 134 valence electrons. The third-order valence-corrected chi connectivity index (χ3v) is 3.73. The number of carbonyl (C=O) groups excluding carboxylic acids is 2. The number of para-hydroxylation sites is 2. The van der Waals surface area contributed by atoms with Crippen molar-refractivity contribution in [1.29, 1.82) is 0 Å². The summed E-state index contributed by atoms with van der Waals surface area (Å²) >= 11 is 0. The molecular weight excluding hydrogens is 336 g/mol. The molecule has 0 aliphatic carbocycles. The number of hydrogen-bond acceptors (Lipinski definition) is 6. The highest BCUT2D eigenvalue weighted by molar-refractivity contribution is 5.81. The van der Waals surface area contributed by atoms with Crippen LogP contribution in [0.3, 0.4) is 0 Å². The number of rotatable bonds is 7. The third kappa shape index (κ3) is 4.15. The molecule has 0 fully saturated rings. The van der Waals surface area contributed by atoms with Crippen molar-refractivity contribution in [3.05, 3.63) is 54.1 Å². The number of ether oxygens (including phenoxy) is 2. The Hall–Kier alpha value is -3.42. The minimum Gasteiger partial charge on any atom is -0.496 e. The Morgan fingerprint density at radius 3 is 2.73 bits per heavy atom. The number of hydrogen-bond donors (Lipinski definition) is 1. The SMILES string of the molecule is COc1ccccc1CNC(=O)COC(=O)Cn1nnc2ccccc21. The summed E-state index contributed by atoms with van der Waals surface area (Å²) in [6, 6.07) is 14.6. The molecule has 1 N–H and O–H groups in total. The van der Waals surface area contributed by atoms with Crippen LogP contribution in [0.2, 0.25) is 0 Å². The molecule has 1 amide bonds. The summed E-state index contributed by atoms with van der Waals surface area (Å²) in [5, 5.41) is 10.6. The zero-order valence-electron chi connectivity index (χ0n) is 14.2. The first-order chi connectivity index (χ1) is 12.7. The lowest BCUT2D eigenvalue weighted by atomic mass is 10.2. The van der Waals surface area contributed by atoms with Gasteiger partial charge in [-0.15, -0.1) is 5.10 Å². The smallest absolute Gasteiger partial charge is 0.328 e. The van der Waals surface area contributed by atoms with E-state index < -0.39 is 11.9 Å². The Morgan fingerprint density at radius 2 is 1.88 bits per heavy atom. The lowest BCUT2D eigenvalue weighted by molar-refractivity contribution is -0.149. The van der Waals surface area contributed by atoms with Gasteiger partial charge < -0.3 is 14.8 Å². The lowest BCUT2D eigenvalue weighted by Crippen LogP contribution is -2.29. The monoisotopic (exact) mass is 354 g/mol. The normalized spacial score (nSPS) is 10.5. The second-order valence-corrected chi connectivity index (χ2v) is 5.49. The van der Waals surface area contributed by atoms with Crippen LogP contribution in [0.25, 0.3) is 11.0 Å². The first-order valence-corrected chi connectivity index (χ1v) is 8.00. The molecule has 1 heterocycles. The van der Waals surface area contributed by atoms with Gasteiger partial charge in [0.15, 0.2) is 6.61 Å². The average Bonchev–Trinajstić information content (AvgIpc) is 3.08. The summed E-state index contributed by atoms with van der Waals surface area (Å²) in [6.45, 7) is -0.185. The Labute approximate surface area is 149 Å². The van der Waals surface area contributed by atoms with Gasteiger partial charge in [0.2, 0.25) is 0 Å². The van der Waals surface area contributed by atoms with E-state index in [1.165, 1.54) is 4.68 Å². The van der Waals surface area contributed by atoms with Crippen molar-refractivity contribution in [2.75, 3.05) is 13.7 Å². The maximum Gasteiger partial charge on any atom is 0.328 e. The van der Waals surface area contributed by atoms with Gasteiger partial charge in [-0.25, -0.2) is 4.68 Å². The van der Waals surface area contributed by atoms with E-state index in [-0.39, 0.29) is 19.7 Å². The van der Waals surface area contributed by atoms with Crippen molar-refractivity contribution in [3.63, 3.8) is 0 Å². The quantitative estimate of drug-likeness (QED) is 0.643. The van der Waals surface area contributed by atoms with Crippen molar-refractivity contribution in [3.8, 4) is 5.75 Å². The van der Waals surface area contributed by atoms with E-state index in [1.807, 2.05) is 42.5 Å². The van der Waals surface area contributed by atoms with Gasteiger partial charge in [-0.2, -0.15) is 0 Å². The zero-order valence-corrected chi connectivity index (χ0v) is 14.2. The highest BCUT2D eigenvalue weighted by Crippen LogP contribution is 2.16. The highest BCUT2D eigenvalue weighted by atomic mass is 16.5. The molecular formula is C18H18N4O4. The minimum atomic E-state index is -0.562. The predicted octanol–water partition coefficient (Wildman–Crippen LogP) is 1.30. The Morgan fingerprint density at radius 1 is 1.12 bits per heavy atom. The van der Waals surface area contributed by atoms with E-state index in [9.17, 15) is 9.59 Å².